The van der Waals surface area contributed by atoms with Crippen LogP contribution in [0, 0.1) is 17.8 Å². The van der Waals surface area contributed by atoms with Gasteiger partial charge in [-0.1, -0.05) is 0 Å². The van der Waals surface area contributed by atoms with Crippen molar-refractivity contribution in [2.45, 2.75) is 55.7 Å². The van der Waals surface area contributed by atoms with E-state index in [1.165, 1.54) is 19.3 Å². The molecule has 4 rings (SSSR count). The maximum atomic E-state index is 13.0. The van der Waals surface area contributed by atoms with Crippen molar-refractivity contribution in [3.8, 4) is 0 Å². The predicted octanol–water partition coefficient (Wildman–Crippen LogP) is 2.21. The van der Waals surface area contributed by atoms with E-state index < -0.39 is 34.5 Å². The summed E-state index contributed by atoms with van der Waals surface area (Å²) in [6.07, 6.45) is 4.12. The zero-order valence-electron chi connectivity index (χ0n) is 12.6. The van der Waals surface area contributed by atoms with Crippen molar-refractivity contribution < 1.29 is 31.3 Å². The second-order valence-corrected chi connectivity index (χ2v) is 8.81. The van der Waals surface area contributed by atoms with Crippen LogP contribution in [0.25, 0.3) is 0 Å². The molecule has 9 heteroatoms. The summed E-state index contributed by atoms with van der Waals surface area (Å²) >= 11 is 0. The molecule has 0 spiro atoms. The minimum absolute atomic E-state index is 0.307. The molecule has 1 amide bonds. The largest absolute Gasteiger partial charge is 0.743 e. The van der Waals surface area contributed by atoms with Crippen LogP contribution in [0.15, 0.2) is 0 Å². The van der Waals surface area contributed by atoms with Gasteiger partial charge in [-0.2, -0.15) is 8.78 Å². The normalized spacial score (nSPS) is 36.0. The van der Waals surface area contributed by atoms with E-state index in [0.29, 0.717) is 17.8 Å². The van der Waals surface area contributed by atoms with E-state index in [9.17, 15) is 26.5 Å². The van der Waals surface area contributed by atoms with E-state index in [1.54, 1.807) is 0 Å². The summed E-state index contributed by atoms with van der Waals surface area (Å²) in [7, 11) is -5.74. The van der Waals surface area contributed by atoms with Crippen molar-refractivity contribution in [3.63, 3.8) is 0 Å². The molecular formula is C14H20F2NO5S-. The third-order valence-corrected chi connectivity index (χ3v) is 6.33. The molecule has 132 valence electrons. The van der Waals surface area contributed by atoms with Crippen molar-refractivity contribution in [1.29, 1.82) is 0 Å². The Labute approximate surface area is 133 Å². The summed E-state index contributed by atoms with van der Waals surface area (Å²) < 4.78 is 61.7. The molecule has 0 aliphatic heterocycles. The van der Waals surface area contributed by atoms with Crippen LogP contribution in [0.2, 0.25) is 0 Å². The molecule has 1 N–H and O–H groups in total. The van der Waals surface area contributed by atoms with Gasteiger partial charge < -0.3 is 14.6 Å². The monoisotopic (exact) mass is 352 g/mol. The summed E-state index contributed by atoms with van der Waals surface area (Å²) in [4.78, 5) is 11.9. The van der Waals surface area contributed by atoms with Gasteiger partial charge in [0, 0.05) is 5.54 Å². The highest BCUT2D eigenvalue weighted by molar-refractivity contribution is 7.86. The van der Waals surface area contributed by atoms with Crippen LogP contribution >= 0.6 is 0 Å². The Morgan fingerprint density at radius 2 is 1.65 bits per heavy atom. The quantitative estimate of drug-likeness (QED) is 0.765. The minimum atomic E-state index is -5.74. The summed E-state index contributed by atoms with van der Waals surface area (Å²) in [5.74, 6) is 1.82. The van der Waals surface area contributed by atoms with Crippen molar-refractivity contribution in [1.82, 2.24) is 5.32 Å². The van der Waals surface area contributed by atoms with Crippen LogP contribution in [0.4, 0.5) is 13.6 Å². The predicted molar refractivity (Wildman–Crippen MR) is 74.6 cm³/mol. The van der Waals surface area contributed by atoms with E-state index in [4.69, 9.17) is 0 Å². The van der Waals surface area contributed by atoms with E-state index in [1.807, 2.05) is 0 Å². The number of amides is 1. The summed E-state index contributed by atoms with van der Waals surface area (Å²) in [5, 5.41) is -1.61. The van der Waals surface area contributed by atoms with E-state index in [-0.39, 0.29) is 5.54 Å². The zero-order valence-corrected chi connectivity index (χ0v) is 13.4. The third kappa shape index (κ3) is 3.45. The molecule has 4 bridgehead atoms. The van der Waals surface area contributed by atoms with Crippen LogP contribution in [0.5, 0.6) is 0 Å². The Balaban J connectivity index is 1.51. The molecule has 0 heterocycles. The van der Waals surface area contributed by atoms with Gasteiger partial charge in [-0.3, -0.25) is 0 Å². The highest BCUT2D eigenvalue weighted by atomic mass is 32.2. The number of hydrogen-bond donors (Lipinski definition) is 1. The second-order valence-electron chi connectivity index (χ2n) is 7.30. The van der Waals surface area contributed by atoms with Crippen LogP contribution in [0.3, 0.4) is 0 Å². The fourth-order valence-corrected chi connectivity index (χ4v) is 5.24. The molecule has 4 fully saturated rings. The SMILES string of the molecule is O=C(NC12CC3CC(CC(C3)C1)C2)OCCC(F)(F)S(=O)(=O)[O-]. The topological polar surface area (TPSA) is 95.5 Å². The van der Waals surface area contributed by atoms with Gasteiger partial charge in [0.15, 0.2) is 10.1 Å². The lowest BCUT2D eigenvalue weighted by Crippen LogP contribution is -2.60. The van der Waals surface area contributed by atoms with Gasteiger partial charge in [0.2, 0.25) is 0 Å². The van der Waals surface area contributed by atoms with Crippen LogP contribution in [0.1, 0.15) is 44.9 Å². The molecule has 0 radical (unpaired) electrons. The maximum absolute atomic E-state index is 13.0. The van der Waals surface area contributed by atoms with Crippen molar-refractivity contribution in [2.24, 2.45) is 17.8 Å². The maximum Gasteiger partial charge on any atom is 0.407 e. The Morgan fingerprint density at radius 1 is 1.17 bits per heavy atom. The van der Waals surface area contributed by atoms with Gasteiger partial charge in [0.1, 0.15) is 0 Å². The van der Waals surface area contributed by atoms with Gasteiger partial charge in [-0.15, -0.1) is 0 Å². The van der Waals surface area contributed by atoms with Crippen molar-refractivity contribution in [3.05, 3.63) is 0 Å². The highest BCUT2D eigenvalue weighted by Crippen LogP contribution is 2.55. The average molecular weight is 352 g/mol. The molecule has 0 aromatic carbocycles. The molecule has 4 saturated carbocycles. The molecule has 0 unspecified atom stereocenters. The number of nitrogens with one attached hydrogen (secondary N) is 1. The first-order valence-corrected chi connectivity index (χ1v) is 9.28. The number of rotatable bonds is 5. The van der Waals surface area contributed by atoms with Gasteiger partial charge in [-0.05, 0) is 56.3 Å². The summed E-state index contributed by atoms with van der Waals surface area (Å²) in [6.45, 7) is -0.813. The minimum Gasteiger partial charge on any atom is -0.743 e. The van der Waals surface area contributed by atoms with Crippen molar-refractivity contribution >= 4 is 16.2 Å². The zero-order chi connectivity index (χ0) is 16.9. The molecule has 6 nitrogen and oxygen atoms in total. The van der Waals surface area contributed by atoms with E-state index in [0.717, 1.165) is 19.3 Å². The smallest absolute Gasteiger partial charge is 0.407 e. The number of ether oxygens (including phenoxy) is 1. The number of alkyl carbamates (subject to hydrolysis) is 1. The number of carbonyl (C=O) groups is 1. The highest BCUT2D eigenvalue weighted by Gasteiger charge is 2.51. The molecule has 4 aliphatic carbocycles. The first kappa shape index (κ1) is 16.9. The van der Waals surface area contributed by atoms with Crippen molar-refractivity contribution in [2.75, 3.05) is 6.61 Å². The summed E-state index contributed by atoms with van der Waals surface area (Å²) in [6, 6.07) is 0. The van der Waals surface area contributed by atoms with E-state index >= 15 is 0 Å². The average Bonchev–Trinajstić information content (AvgIpc) is 2.34. The number of alkyl halides is 2. The lowest BCUT2D eigenvalue weighted by Gasteiger charge is -2.56. The van der Waals surface area contributed by atoms with Crippen LogP contribution in [-0.2, 0) is 14.9 Å². The van der Waals surface area contributed by atoms with Crippen LogP contribution in [-0.4, -0.2) is 36.5 Å². The third-order valence-electron chi connectivity index (χ3n) is 5.40. The summed E-state index contributed by atoms with van der Waals surface area (Å²) in [5.41, 5.74) is -0.307. The Morgan fingerprint density at radius 3 is 2.09 bits per heavy atom. The second kappa shape index (κ2) is 5.54. The lowest BCUT2D eigenvalue weighted by molar-refractivity contribution is -0.0207. The standard InChI is InChI=1S/C14H21F2NO5S/c15-14(16,23(19,20)21)1-2-22-12(18)17-13-6-9-3-10(7-13)5-11(4-9)8-13/h9-11H,1-8H2,(H,17,18)(H,19,20,21)/p-1. The Kier molecular flexibility index (Phi) is 4.07. The first-order valence-electron chi connectivity index (χ1n) is 7.87. The van der Waals surface area contributed by atoms with Crippen LogP contribution < -0.4 is 5.32 Å². The molecule has 0 aromatic heterocycles. The molecule has 0 saturated heterocycles. The van der Waals surface area contributed by atoms with Gasteiger partial charge in [0.05, 0.1) is 13.0 Å². The lowest BCUT2D eigenvalue weighted by atomic mass is 9.53. The fraction of sp³-hybridized carbons (Fsp3) is 0.929. The molecule has 0 atom stereocenters. The number of carbonyl (C=O) groups excluding carboxylic acids is 1. The van der Waals surface area contributed by atoms with E-state index in [2.05, 4.69) is 10.1 Å². The molecule has 0 aromatic rings. The Hall–Kier alpha value is -0.960. The number of hydrogen-bond acceptors (Lipinski definition) is 5. The van der Waals surface area contributed by atoms with Gasteiger partial charge >= 0.3 is 11.3 Å². The van der Waals surface area contributed by atoms with Gasteiger partial charge in [-0.25, -0.2) is 13.2 Å². The molecule has 4 aliphatic rings. The molecular weight excluding hydrogens is 332 g/mol. The number of halogens is 2. The van der Waals surface area contributed by atoms with Gasteiger partial charge in [0.25, 0.3) is 0 Å². The Bertz CT molecular complexity index is 557. The molecule has 23 heavy (non-hydrogen) atoms. The first-order chi connectivity index (χ1) is 10.6. The fourth-order valence-electron chi connectivity index (χ4n) is 4.90.